The number of nitrogens with one attached hydrogen (secondary N) is 1. The summed E-state index contributed by atoms with van der Waals surface area (Å²) in [6, 6.07) is 7.05. The third-order valence-electron chi connectivity index (χ3n) is 2.38. The molecule has 1 N–H and O–H groups in total. The highest BCUT2D eigenvalue weighted by Gasteiger charge is 2.08. The minimum Gasteiger partial charge on any atom is -0.415 e. The number of halogens is 1. The van der Waals surface area contributed by atoms with Crippen LogP contribution in [0, 0.1) is 0 Å². The van der Waals surface area contributed by atoms with Crippen molar-refractivity contribution < 1.29 is 9.21 Å². The first-order chi connectivity index (χ1) is 10.2. The molecule has 5 nitrogen and oxygen atoms in total. The molecule has 0 spiro atoms. The van der Waals surface area contributed by atoms with Crippen molar-refractivity contribution in [3.63, 3.8) is 0 Å². The van der Waals surface area contributed by atoms with Gasteiger partial charge in [0.15, 0.2) is 0 Å². The van der Waals surface area contributed by atoms with E-state index in [1.807, 2.05) is 6.26 Å². The minimum atomic E-state index is -0.0754. The Kier molecular flexibility index (Phi) is 6.41. The van der Waals surface area contributed by atoms with Crippen molar-refractivity contribution in [2.45, 2.75) is 17.4 Å². The predicted molar refractivity (Wildman–Crippen MR) is 86.9 cm³/mol. The number of aromatic nitrogens is 2. The number of nitrogens with zero attached hydrogens (tertiary/aromatic N) is 2. The van der Waals surface area contributed by atoms with Gasteiger partial charge in [-0.1, -0.05) is 29.4 Å². The van der Waals surface area contributed by atoms with Gasteiger partial charge in [-0.25, -0.2) is 0 Å². The van der Waals surface area contributed by atoms with Gasteiger partial charge in [0.2, 0.25) is 11.8 Å². The van der Waals surface area contributed by atoms with E-state index in [0.29, 0.717) is 39.8 Å². The number of hydrogen-bond donors (Lipinski definition) is 1. The number of carbonyl (C=O) groups is 1. The molecule has 21 heavy (non-hydrogen) atoms. The Labute approximate surface area is 136 Å². The Hall–Kier alpha value is -1.18. The molecule has 1 amide bonds. The van der Waals surface area contributed by atoms with Gasteiger partial charge in [0.05, 0.1) is 5.75 Å². The molecular weight excluding hydrogens is 330 g/mol. The summed E-state index contributed by atoms with van der Waals surface area (Å²) in [5.74, 6) is 1.80. The maximum absolute atomic E-state index is 11.8. The van der Waals surface area contributed by atoms with Gasteiger partial charge < -0.3 is 9.73 Å². The van der Waals surface area contributed by atoms with Crippen molar-refractivity contribution in [1.82, 2.24) is 10.2 Å². The zero-order valence-corrected chi connectivity index (χ0v) is 13.7. The van der Waals surface area contributed by atoms with Crippen LogP contribution in [0.4, 0.5) is 5.69 Å². The molecule has 2 aromatic rings. The van der Waals surface area contributed by atoms with Crippen LogP contribution in [0.5, 0.6) is 0 Å². The fourth-order valence-electron chi connectivity index (χ4n) is 1.50. The summed E-state index contributed by atoms with van der Waals surface area (Å²) < 4.78 is 5.41. The number of amides is 1. The monoisotopic (exact) mass is 343 g/mol. The summed E-state index contributed by atoms with van der Waals surface area (Å²) in [5, 5.41) is 11.7. The van der Waals surface area contributed by atoms with Crippen LogP contribution < -0.4 is 5.32 Å². The van der Waals surface area contributed by atoms with Crippen molar-refractivity contribution in [2.75, 3.05) is 17.3 Å². The Morgan fingerprint density at radius 3 is 3.05 bits per heavy atom. The number of rotatable bonds is 7. The number of hydrogen-bond acceptors (Lipinski definition) is 6. The molecule has 0 aliphatic heterocycles. The second-order valence-electron chi connectivity index (χ2n) is 4.05. The molecule has 112 valence electrons. The van der Waals surface area contributed by atoms with E-state index in [9.17, 15) is 4.79 Å². The Morgan fingerprint density at radius 2 is 2.29 bits per heavy atom. The van der Waals surface area contributed by atoms with E-state index in [-0.39, 0.29) is 5.91 Å². The first-order valence-corrected chi connectivity index (χ1v) is 8.92. The van der Waals surface area contributed by atoms with Gasteiger partial charge in [-0.3, -0.25) is 4.79 Å². The smallest absolute Gasteiger partial charge is 0.276 e. The van der Waals surface area contributed by atoms with Crippen molar-refractivity contribution in [1.29, 1.82) is 0 Å². The largest absolute Gasteiger partial charge is 0.415 e. The summed E-state index contributed by atoms with van der Waals surface area (Å²) in [5.41, 5.74) is 0.692. The second-order valence-corrected chi connectivity index (χ2v) is 6.40. The third-order valence-corrected chi connectivity index (χ3v) is 3.97. The van der Waals surface area contributed by atoms with E-state index >= 15 is 0 Å². The number of thioether (sulfide) groups is 2. The first kappa shape index (κ1) is 16.2. The summed E-state index contributed by atoms with van der Waals surface area (Å²) in [6.07, 6.45) is 2.33. The third kappa shape index (κ3) is 5.61. The van der Waals surface area contributed by atoms with E-state index in [2.05, 4.69) is 15.5 Å². The Bertz CT molecular complexity index is 607. The van der Waals surface area contributed by atoms with Gasteiger partial charge in [0, 0.05) is 22.9 Å². The molecule has 8 heteroatoms. The van der Waals surface area contributed by atoms with Crippen LogP contribution in [0.25, 0.3) is 0 Å². The van der Waals surface area contributed by atoms with E-state index in [4.69, 9.17) is 16.0 Å². The molecule has 1 aromatic heterocycles. The van der Waals surface area contributed by atoms with Crippen LogP contribution in [-0.2, 0) is 10.5 Å². The average Bonchev–Trinajstić information content (AvgIpc) is 2.87. The highest BCUT2D eigenvalue weighted by Crippen LogP contribution is 2.19. The Morgan fingerprint density at radius 1 is 1.43 bits per heavy atom. The lowest BCUT2D eigenvalue weighted by molar-refractivity contribution is -0.115. The van der Waals surface area contributed by atoms with Gasteiger partial charge >= 0.3 is 0 Å². The molecule has 0 saturated heterocycles. The van der Waals surface area contributed by atoms with E-state index in [1.54, 1.807) is 36.0 Å². The molecule has 0 saturated carbocycles. The minimum absolute atomic E-state index is 0.0754. The summed E-state index contributed by atoms with van der Waals surface area (Å²) in [4.78, 5) is 11.8. The normalized spacial score (nSPS) is 10.6. The van der Waals surface area contributed by atoms with Crippen LogP contribution in [-0.4, -0.2) is 28.1 Å². The van der Waals surface area contributed by atoms with Crippen LogP contribution in [0.3, 0.4) is 0 Å². The van der Waals surface area contributed by atoms with Gasteiger partial charge in [0.1, 0.15) is 0 Å². The fourth-order valence-corrected chi connectivity index (χ4v) is 2.77. The van der Waals surface area contributed by atoms with Crippen molar-refractivity contribution in [2.24, 2.45) is 0 Å². The molecule has 0 fully saturated rings. The fraction of sp³-hybridized carbons (Fsp3) is 0.308. The molecule has 0 bridgehead atoms. The molecule has 0 aliphatic carbocycles. The van der Waals surface area contributed by atoms with Crippen molar-refractivity contribution in [3.8, 4) is 0 Å². The van der Waals surface area contributed by atoms with Crippen LogP contribution in [0.15, 0.2) is 33.9 Å². The maximum atomic E-state index is 11.8. The topological polar surface area (TPSA) is 68.0 Å². The summed E-state index contributed by atoms with van der Waals surface area (Å²) in [7, 11) is 0. The number of benzene rings is 1. The summed E-state index contributed by atoms with van der Waals surface area (Å²) >= 11 is 8.85. The van der Waals surface area contributed by atoms with Gasteiger partial charge in [0.25, 0.3) is 5.22 Å². The second kappa shape index (κ2) is 8.31. The molecular formula is C13H14ClN3O2S2. The van der Waals surface area contributed by atoms with Crippen LogP contribution in [0.2, 0.25) is 5.02 Å². The van der Waals surface area contributed by atoms with Crippen LogP contribution >= 0.6 is 35.1 Å². The molecule has 0 atom stereocenters. The lowest BCUT2D eigenvalue weighted by Crippen LogP contribution is -2.12. The standard InChI is InChI=1S/C13H14ClN3O2S2/c1-20-8-12-16-17-13(19-12)21-6-5-11(18)15-10-4-2-3-9(14)7-10/h2-4,7H,5-6,8H2,1H3,(H,15,18). The predicted octanol–water partition coefficient (Wildman–Crippen LogP) is 3.71. The van der Waals surface area contributed by atoms with Gasteiger partial charge in [-0.2, -0.15) is 11.8 Å². The van der Waals surface area contributed by atoms with Crippen LogP contribution in [0.1, 0.15) is 12.3 Å². The van der Waals surface area contributed by atoms with E-state index in [1.165, 1.54) is 11.8 Å². The zero-order chi connectivity index (χ0) is 15.1. The highest BCUT2D eigenvalue weighted by molar-refractivity contribution is 7.99. The molecule has 2 rings (SSSR count). The first-order valence-electron chi connectivity index (χ1n) is 6.17. The zero-order valence-electron chi connectivity index (χ0n) is 11.3. The molecule has 1 aromatic carbocycles. The van der Waals surface area contributed by atoms with Crippen molar-refractivity contribution in [3.05, 3.63) is 35.2 Å². The lowest BCUT2D eigenvalue weighted by Gasteiger charge is -2.04. The number of anilines is 1. The molecule has 0 aliphatic rings. The quantitative estimate of drug-likeness (QED) is 0.773. The van der Waals surface area contributed by atoms with Crippen molar-refractivity contribution >= 4 is 46.7 Å². The van der Waals surface area contributed by atoms with E-state index < -0.39 is 0 Å². The Balaban J connectivity index is 1.73. The van der Waals surface area contributed by atoms with Gasteiger partial charge in [-0.15, -0.1) is 10.2 Å². The lowest BCUT2D eigenvalue weighted by atomic mass is 10.3. The number of carbonyl (C=O) groups excluding carboxylic acids is 1. The van der Waals surface area contributed by atoms with Gasteiger partial charge in [-0.05, 0) is 24.5 Å². The molecule has 1 heterocycles. The molecule has 0 radical (unpaired) electrons. The average molecular weight is 344 g/mol. The molecule has 0 unspecified atom stereocenters. The SMILES string of the molecule is CSCc1nnc(SCCC(=O)Nc2cccc(Cl)c2)o1. The summed E-state index contributed by atoms with van der Waals surface area (Å²) in [6.45, 7) is 0. The maximum Gasteiger partial charge on any atom is 0.276 e. The van der Waals surface area contributed by atoms with E-state index in [0.717, 1.165) is 0 Å². The highest BCUT2D eigenvalue weighted by atomic mass is 35.5.